The highest BCUT2D eigenvalue weighted by Gasteiger charge is 2.37. The number of rotatable bonds is 1. The molecule has 1 heterocycles. The van der Waals surface area contributed by atoms with Gasteiger partial charge >= 0.3 is 6.18 Å². The molecule has 0 bridgehead atoms. The van der Waals surface area contributed by atoms with Crippen LogP contribution in [-0.4, -0.2) is 4.98 Å². The number of hydrogen-bond acceptors (Lipinski definition) is 1. The molecule has 1 aromatic carbocycles. The lowest BCUT2D eigenvalue weighted by atomic mass is 10.1. The third kappa shape index (κ3) is 3.16. The first kappa shape index (κ1) is 16.1. The van der Waals surface area contributed by atoms with Crippen LogP contribution >= 0.6 is 57.4 Å². The molecule has 0 amide bonds. The van der Waals surface area contributed by atoms with Crippen molar-refractivity contribution in [1.82, 2.24) is 4.98 Å². The molecule has 0 aliphatic rings. The summed E-state index contributed by atoms with van der Waals surface area (Å²) in [7, 11) is 0. The van der Waals surface area contributed by atoms with E-state index in [1.165, 1.54) is 24.4 Å². The van der Waals surface area contributed by atoms with Gasteiger partial charge in [0.05, 0.1) is 26.3 Å². The normalized spacial score (nSPS) is 11.8. The van der Waals surface area contributed by atoms with Crippen molar-refractivity contribution in [3.63, 3.8) is 0 Å². The zero-order valence-electron chi connectivity index (χ0n) is 9.40. The van der Waals surface area contributed by atoms with Gasteiger partial charge in [-0.05, 0) is 40.8 Å². The molecule has 106 valence electrons. The number of alkyl halides is 3. The van der Waals surface area contributed by atoms with E-state index >= 15 is 0 Å². The van der Waals surface area contributed by atoms with Crippen molar-refractivity contribution in [2.24, 2.45) is 0 Å². The Hall–Kier alpha value is -0.240. The summed E-state index contributed by atoms with van der Waals surface area (Å²) in [6.07, 6.45) is -3.26. The van der Waals surface area contributed by atoms with E-state index in [9.17, 15) is 13.2 Å². The van der Waals surface area contributed by atoms with Crippen LogP contribution in [0.1, 0.15) is 5.56 Å². The number of benzene rings is 1. The molecule has 0 atom stereocenters. The number of halogens is 7. The van der Waals surface area contributed by atoms with Crippen molar-refractivity contribution in [2.45, 2.75) is 6.18 Å². The lowest BCUT2D eigenvalue weighted by Crippen LogP contribution is -2.11. The zero-order chi connectivity index (χ0) is 15.1. The van der Waals surface area contributed by atoms with E-state index in [0.29, 0.717) is 0 Å². The smallest absolute Gasteiger partial charge is 0.255 e. The monoisotopic (exact) mass is 451 g/mol. The molecule has 1 nitrogen and oxygen atoms in total. The van der Waals surface area contributed by atoms with E-state index < -0.39 is 11.7 Å². The molecule has 20 heavy (non-hydrogen) atoms. The standard InChI is InChI=1S/C12H4Cl3F3IN/c13-6-4-8(15)7(14)3-5(6)11-10(12(16,17)18)9(19)1-2-20-11/h1-4H. The van der Waals surface area contributed by atoms with Crippen LogP contribution in [0.2, 0.25) is 15.1 Å². The first-order chi connectivity index (χ1) is 9.21. The Morgan fingerprint density at radius 3 is 2.20 bits per heavy atom. The molecule has 0 fully saturated rings. The lowest BCUT2D eigenvalue weighted by molar-refractivity contribution is -0.137. The summed E-state index contributed by atoms with van der Waals surface area (Å²) in [6.45, 7) is 0. The fourth-order valence-electron chi connectivity index (χ4n) is 1.62. The Balaban J connectivity index is 2.77. The van der Waals surface area contributed by atoms with Crippen LogP contribution in [0.15, 0.2) is 24.4 Å². The lowest BCUT2D eigenvalue weighted by Gasteiger charge is -2.15. The average Bonchev–Trinajstić information content (AvgIpc) is 2.32. The molecule has 2 rings (SSSR count). The summed E-state index contributed by atoms with van der Waals surface area (Å²) in [6, 6.07) is 3.85. The Bertz CT molecular complexity index is 674. The fourth-order valence-corrected chi connectivity index (χ4v) is 2.97. The van der Waals surface area contributed by atoms with Crippen LogP contribution in [0.5, 0.6) is 0 Å². The van der Waals surface area contributed by atoms with Crippen LogP contribution in [0.3, 0.4) is 0 Å². The van der Waals surface area contributed by atoms with Gasteiger partial charge in [-0.1, -0.05) is 34.8 Å². The number of aromatic nitrogens is 1. The van der Waals surface area contributed by atoms with Crippen LogP contribution < -0.4 is 0 Å². The molecule has 0 saturated carbocycles. The van der Waals surface area contributed by atoms with Crippen LogP contribution in [0.25, 0.3) is 11.3 Å². The van der Waals surface area contributed by atoms with Crippen molar-refractivity contribution < 1.29 is 13.2 Å². The largest absolute Gasteiger partial charge is 0.419 e. The molecule has 0 N–H and O–H groups in total. The van der Waals surface area contributed by atoms with E-state index in [-0.39, 0.29) is 29.9 Å². The van der Waals surface area contributed by atoms with Crippen molar-refractivity contribution >= 4 is 57.4 Å². The molecule has 0 saturated heterocycles. The quantitative estimate of drug-likeness (QED) is 0.364. The summed E-state index contributed by atoms with van der Waals surface area (Å²) in [5.74, 6) is 0. The van der Waals surface area contributed by atoms with Gasteiger partial charge in [-0.15, -0.1) is 0 Å². The third-order valence-electron chi connectivity index (χ3n) is 2.45. The average molecular weight is 452 g/mol. The highest BCUT2D eigenvalue weighted by Crippen LogP contribution is 2.42. The first-order valence-electron chi connectivity index (χ1n) is 5.08. The van der Waals surface area contributed by atoms with Crippen LogP contribution in [0.4, 0.5) is 13.2 Å². The minimum atomic E-state index is -4.55. The second-order valence-corrected chi connectivity index (χ2v) is 6.14. The van der Waals surface area contributed by atoms with Crippen molar-refractivity contribution in [3.8, 4) is 11.3 Å². The van der Waals surface area contributed by atoms with Gasteiger partial charge in [0.1, 0.15) is 0 Å². The summed E-state index contributed by atoms with van der Waals surface area (Å²) in [5.41, 5.74) is -1.03. The van der Waals surface area contributed by atoms with Gasteiger partial charge in [0.25, 0.3) is 0 Å². The summed E-state index contributed by atoms with van der Waals surface area (Å²) < 4.78 is 39.5. The molecule has 8 heteroatoms. The molecule has 0 aliphatic heterocycles. The van der Waals surface area contributed by atoms with Gasteiger partial charge < -0.3 is 0 Å². The van der Waals surface area contributed by atoms with E-state index in [2.05, 4.69) is 4.98 Å². The second-order valence-electron chi connectivity index (χ2n) is 3.76. The molecule has 0 spiro atoms. The minimum Gasteiger partial charge on any atom is -0.255 e. The van der Waals surface area contributed by atoms with E-state index in [1.807, 2.05) is 0 Å². The Morgan fingerprint density at radius 2 is 1.60 bits per heavy atom. The predicted molar refractivity (Wildman–Crippen MR) is 82.4 cm³/mol. The molecular formula is C12H4Cl3F3IN. The second kappa shape index (κ2) is 5.87. The van der Waals surface area contributed by atoms with Gasteiger partial charge in [0.15, 0.2) is 0 Å². The Labute approximate surface area is 141 Å². The topological polar surface area (TPSA) is 12.9 Å². The molecule has 0 radical (unpaired) electrons. The van der Waals surface area contributed by atoms with E-state index in [1.54, 1.807) is 22.6 Å². The van der Waals surface area contributed by atoms with Gasteiger partial charge in [-0.2, -0.15) is 13.2 Å². The first-order valence-corrected chi connectivity index (χ1v) is 7.29. The third-order valence-corrected chi connectivity index (χ3v) is 4.38. The number of nitrogens with zero attached hydrogens (tertiary/aromatic N) is 1. The summed E-state index contributed by atoms with van der Waals surface area (Å²) in [4.78, 5) is 3.80. The van der Waals surface area contributed by atoms with Crippen molar-refractivity contribution in [2.75, 3.05) is 0 Å². The van der Waals surface area contributed by atoms with Gasteiger partial charge in [-0.3, -0.25) is 4.98 Å². The van der Waals surface area contributed by atoms with Crippen LogP contribution in [0, 0.1) is 3.57 Å². The predicted octanol–water partition coefficient (Wildman–Crippen LogP) is 6.33. The van der Waals surface area contributed by atoms with Gasteiger partial charge in [-0.25, -0.2) is 0 Å². The molecule has 2 aromatic rings. The van der Waals surface area contributed by atoms with Crippen molar-refractivity contribution in [1.29, 1.82) is 0 Å². The maximum atomic E-state index is 13.2. The molecule has 0 aliphatic carbocycles. The SMILES string of the molecule is FC(F)(F)c1c(I)ccnc1-c1cc(Cl)c(Cl)cc1Cl. The Kier molecular flexibility index (Phi) is 4.73. The van der Waals surface area contributed by atoms with Crippen LogP contribution in [-0.2, 0) is 6.18 Å². The molecule has 1 aromatic heterocycles. The number of pyridine rings is 1. The van der Waals surface area contributed by atoms with Gasteiger partial charge in [0, 0.05) is 15.3 Å². The highest BCUT2D eigenvalue weighted by molar-refractivity contribution is 14.1. The maximum Gasteiger partial charge on any atom is 0.419 e. The fraction of sp³-hybridized carbons (Fsp3) is 0.0833. The summed E-state index contributed by atoms with van der Waals surface area (Å²) in [5, 5.41) is 0.332. The highest BCUT2D eigenvalue weighted by atomic mass is 127. The zero-order valence-corrected chi connectivity index (χ0v) is 13.8. The molecule has 0 unspecified atom stereocenters. The molecular weight excluding hydrogens is 448 g/mol. The Morgan fingerprint density at radius 1 is 1.00 bits per heavy atom. The van der Waals surface area contributed by atoms with Gasteiger partial charge in [0.2, 0.25) is 0 Å². The number of hydrogen-bond donors (Lipinski definition) is 0. The minimum absolute atomic E-state index is 0.0299. The van der Waals surface area contributed by atoms with Crippen molar-refractivity contribution in [3.05, 3.63) is 48.6 Å². The summed E-state index contributed by atoms with van der Waals surface area (Å²) >= 11 is 19.2. The van der Waals surface area contributed by atoms with E-state index in [0.717, 1.165) is 0 Å². The van der Waals surface area contributed by atoms with E-state index in [4.69, 9.17) is 34.8 Å². The maximum absolute atomic E-state index is 13.2.